The molecule has 7 heteroatoms. The van der Waals surface area contributed by atoms with Gasteiger partial charge in [-0.3, -0.25) is 9.59 Å². The lowest BCUT2D eigenvalue weighted by Gasteiger charge is -2.19. The molecule has 6 nitrogen and oxygen atoms in total. The molecule has 0 aliphatic carbocycles. The second-order valence-electron chi connectivity index (χ2n) is 7.30. The third kappa shape index (κ3) is 4.39. The minimum absolute atomic E-state index is 0.128. The Hall–Kier alpha value is -3.12. The van der Waals surface area contributed by atoms with Crippen molar-refractivity contribution < 1.29 is 14.0 Å². The number of carbonyl (C=O) groups excluding carboxylic acids is 2. The monoisotopic (exact) mass is 423 g/mol. The molecule has 30 heavy (non-hydrogen) atoms. The smallest absolute Gasteiger partial charge is 0.227 e. The van der Waals surface area contributed by atoms with Crippen molar-refractivity contribution in [1.82, 2.24) is 4.98 Å². The van der Waals surface area contributed by atoms with Gasteiger partial charge in [-0.2, -0.15) is 0 Å². The zero-order valence-corrected chi connectivity index (χ0v) is 17.4. The van der Waals surface area contributed by atoms with Crippen LogP contribution in [-0.2, 0) is 16.0 Å². The zero-order chi connectivity index (χ0) is 21.1. The van der Waals surface area contributed by atoms with Gasteiger partial charge >= 0.3 is 0 Å². The maximum absolute atomic E-state index is 12.4. The van der Waals surface area contributed by atoms with E-state index in [-0.39, 0.29) is 18.2 Å². The maximum Gasteiger partial charge on any atom is 0.227 e. The molecule has 0 bridgehead atoms. The van der Waals surface area contributed by atoms with Crippen LogP contribution in [0, 0.1) is 6.92 Å². The highest BCUT2D eigenvalue weighted by Gasteiger charge is 2.23. The molecule has 154 valence electrons. The van der Waals surface area contributed by atoms with Gasteiger partial charge in [0, 0.05) is 42.7 Å². The lowest BCUT2D eigenvalue weighted by molar-refractivity contribution is -0.117. The number of anilines is 2. The molecule has 1 N–H and O–H groups in total. The Bertz CT molecular complexity index is 1090. The normalized spacial score (nSPS) is 13.7. The summed E-state index contributed by atoms with van der Waals surface area (Å²) in [4.78, 5) is 30.4. The quantitative estimate of drug-likeness (QED) is 0.605. The number of amides is 2. The Balaban J connectivity index is 1.35. The first-order valence-electron chi connectivity index (χ1n) is 9.92. The van der Waals surface area contributed by atoms with Crippen LogP contribution in [0.3, 0.4) is 0 Å². The SMILES string of the molecule is Cc1cc(NC(=O)CCc2ncc(-c3ccccc3Cl)o2)ccc1N1CCCC1=O. The fourth-order valence-corrected chi connectivity index (χ4v) is 3.82. The number of carbonyl (C=O) groups is 2. The molecule has 2 heterocycles. The summed E-state index contributed by atoms with van der Waals surface area (Å²) >= 11 is 6.19. The van der Waals surface area contributed by atoms with Gasteiger partial charge in [0.2, 0.25) is 11.8 Å². The van der Waals surface area contributed by atoms with Crippen molar-refractivity contribution in [2.75, 3.05) is 16.8 Å². The molecule has 1 aliphatic heterocycles. The van der Waals surface area contributed by atoms with Crippen molar-refractivity contribution in [2.45, 2.75) is 32.6 Å². The maximum atomic E-state index is 12.4. The van der Waals surface area contributed by atoms with Gasteiger partial charge < -0.3 is 14.6 Å². The summed E-state index contributed by atoms with van der Waals surface area (Å²) < 4.78 is 5.74. The molecule has 0 unspecified atom stereocenters. The fourth-order valence-electron chi connectivity index (χ4n) is 3.59. The van der Waals surface area contributed by atoms with Crippen LogP contribution in [0.1, 0.15) is 30.7 Å². The van der Waals surface area contributed by atoms with E-state index in [1.807, 2.05) is 43.3 Å². The third-order valence-electron chi connectivity index (χ3n) is 5.10. The molecule has 0 atom stereocenters. The van der Waals surface area contributed by atoms with Gasteiger partial charge in [-0.05, 0) is 49.2 Å². The van der Waals surface area contributed by atoms with Gasteiger partial charge in [-0.1, -0.05) is 23.7 Å². The number of nitrogens with zero attached hydrogens (tertiary/aromatic N) is 2. The topological polar surface area (TPSA) is 75.4 Å². The number of aromatic nitrogens is 1. The molecular formula is C23H22ClN3O3. The lowest BCUT2D eigenvalue weighted by atomic mass is 10.1. The van der Waals surface area contributed by atoms with Crippen molar-refractivity contribution in [3.63, 3.8) is 0 Å². The molecule has 4 rings (SSSR count). The molecule has 2 amide bonds. The summed E-state index contributed by atoms with van der Waals surface area (Å²) in [5.41, 5.74) is 3.34. The predicted octanol–water partition coefficient (Wildman–Crippen LogP) is 5.00. The van der Waals surface area contributed by atoms with Gasteiger partial charge in [-0.25, -0.2) is 4.98 Å². The summed E-state index contributed by atoms with van der Waals surface area (Å²) in [5, 5.41) is 3.49. The average Bonchev–Trinajstić information content (AvgIpc) is 3.36. The summed E-state index contributed by atoms with van der Waals surface area (Å²) in [6, 6.07) is 13.0. The number of aryl methyl sites for hydroxylation is 2. The van der Waals surface area contributed by atoms with Crippen LogP contribution >= 0.6 is 11.6 Å². The van der Waals surface area contributed by atoms with Gasteiger partial charge in [-0.15, -0.1) is 0 Å². The number of oxazole rings is 1. The average molecular weight is 424 g/mol. The van der Waals surface area contributed by atoms with Crippen LogP contribution in [0.25, 0.3) is 11.3 Å². The van der Waals surface area contributed by atoms with E-state index in [1.54, 1.807) is 17.2 Å². The van der Waals surface area contributed by atoms with Crippen LogP contribution in [0.4, 0.5) is 11.4 Å². The Morgan fingerprint density at radius 1 is 1.27 bits per heavy atom. The molecule has 0 saturated carbocycles. The van der Waals surface area contributed by atoms with Gasteiger partial charge in [0.25, 0.3) is 0 Å². The van der Waals surface area contributed by atoms with E-state index in [0.29, 0.717) is 35.2 Å². The highest BCUT2D eigenvalue weighted by Crippen LogP contribution is 2.29. The highest BCUT2D eigenvalue weighted by atomic mass is 35.5. The molecule has 2 aromatic carbocycles. The van der Waals surface area contributed by atoms with E-state index in [0.717, 1.165) is 29.8 Å². The number of hydrogen-bond donors (Lipinski definition) is 1. The van der Waals surface area contributed by atoms with Gasteiger partial charge in [0.1, 0.15) is 0 Å². The summed E-state index contributed by atoms with van der Waals surface area (Å²) in [5.74, 6) is 1.09. The van der Waals surface area contributed by atoms with Gasteiger partial charge in [0.15, 0.2) is 11.7 Å². The van der Waals surface area contributed by atoms with Crippen LogP contribution < -0.4 is 10.2 Å². The molecule has 1 fully saturated rings. The number of nitrogens with one attached hydrogen (secondary N) is 1. The highest BCUT2D eigenvalue weighted by molar-refractivity contribution is 6.33. The van der Waals surface area contributed by atoms with Crippen molar-refractivity contribution in [3.05, 3.63) is 65.1 Å². The minimum Gasteiger partial charge on any atom is -0.441 e. The fraction of sp³-hybridized carbons (Fsp3) is 0.261. The number of halogens is 1. The summed E-state index contributed by atoms with van der Waals surface area (Å²) in [6.07, 6.45) is 3.73. The first kappa shape index (κ1) is 20.2. The number of rotatable bonds is 6. The standard InChI is InChI=1S/C23H22ClN3O3/c1-15-13-16(8-9-19(15)27-12-4-7-23(27)29)26-21(28)10-11-22-25-14-20(30-22)17-5-2-3-6-18(17)24/h2-3,5-6,8-9,13-14H,4,7,10-12H2,1H3,(H,26,28). The Morgan fingerprint density at radius 3 is 2.83 bits per heavy atom. The molecule has 1 saturated heterocycles. The van der Waals surface area contributed by atoms with E-state index in [2.05, 4.69) is 10.3 Å². The van der Waals surface area contributed by atoms with Crippen molar-refractivity contribution in [3.8, 4) is 11.3 Å². The van der Waals surface area contributed by atoms with Crippen LogP contribution in [0.2, 0.25) is 5.02 Å². The van der Waals surface area contributed by atoms with Crippen LogP contribution in [-0.4, -0.2) is 23.3 Å². The van der Waals surface area contributed by atoms with Gasteiger partial charge in [0.05, 0.1) is 11.2 Å². The summed E-state index contributed by atoms with van der Waals surface area (Å²) in [6.45, 7) is 2.69. The lowest BCUT2D eigenvalue weighted by Crippen LogP contribution is -2.24. The predicted molar refractivity (Wildman–Crippen MR) is 117 cm³/mol. The molecule has 3 aromatic rings. The van der Waals surface area contributed by atoms with Crippen LogP contribution in [0.5, 0.6) is 0 Å². The molecule has 0 spiro atoms. The number of hydrogen-bond acceptors (Lipinski definition) is 4. The number of benzene rings is 2. The van der Waals surface area contributed by atoms with Crippen LogP contribution in [0.15, 0.2) is 53.1 Å². The van der Waals surface area contributed by atoms with E-state index in [4.69, 9.17) is 16.0 Å². The van der Waals surface area contributed by atoms with E-state index >= 15 is 0 Å². The Morgan fingerprint density at radius 2 is 2.10 bits per heavy atom. The Kier molecular flexibility index (Phi) is 5.86. The first-order chi connectivity index (χ1) is 14.5. The molecular weight excluding hydrogens is 402 g/mol. The van der Waals surface area contributed by atoms with Crippen molar-refractivity contribution >= 4 is 34.8 Å². The second-order valence-corrected chi connectivity index (χ2v) is 7.70. The zero-order valence-electron chi connectivity index (χ0n) is 16.7. The van der Waals surface area contributed by atoms with E-state index in [9.17, 15) is 9.59 Å². The third-order valence-corrected chi connectivity index (χ3v) is 5.43. The largest absolute Gasteiger partial charge is 0.441 e. The van der Waals surface area contributed by atoms with E-state index in [1.165, 1.54) is 0 Å². The molecule has 0 radical (unpaired) electrons. The van der Waals surface area contributed by atoms with E-state index < -0.39 is 0 Å². The summed E-state index contributed by atoms with van der Waals surface area (Å²) in [7, 11) is 0. The second kappa shape index (κ2) is 8.71. The van der Waals surface area contributed by atoms with Crippen molar-refractivity contribution in [1.29, 1.82) is 0 Å². The minimum atomic E-state index is -0.128. The first-order valence-corrected chi connectivity index (χ1v) is 10.3. The molecule has 1 aromatic heterocycles. The van der Waals surface area contributed by atoms with Crippen molar-refractivity contribution in [2.24, 2.45) is 0 Å². The Labute approximate surface area is 179 Å². The molecule has 1 aliphatic rings.